The van der Waals surface area contributed by atoms with Gasteiger partial charge in [0, 0.05) is 16.7 Å². The molecule has 0 bridgehead atoms. The number of ketones is 1. The molecule has 0 saturated heterocycles. The molecule has 4 aliphatic rings. The molecule has 0 spiro atoms. The third-order valence-electron chi connectivity index (χ3n) is 9.41. The lowest BCUT2D eigenvalue weighted by atomic mass is 9.45. The van der Waals surface area contributed by atoms with E-state index in [0.29, 0.717) is 24.4 Å². The molecule has 0 aromatic heterocycles. The Labute approximate surface area is 190 Å². The van der Waals surface area contributed by atoms with Crippen LogP contribution in [-0.4, -0.2) is 27.7 Å². The van der Waals surface area contributed by atoms with Crippen LogP contribution < -0.4 is 4.74 Å². The predicted octanol–water partition coefficient (Wildman–Crippen LogP) is 4.83. The van der Waals surface area contributed by atoms with Gasteiger partial charge < -0.3 is 14.9 Å². The smallest absolute Gasteiger partial charge is 0.178 e. The molecule has 0 aliphatic heterocycles. The van der Waals surface area contributed by atoms with E-state index in [9.17, 15) is 15.0 Å². The molecule has 2 unspecified atom stereocenters. The Morgan fingerprint density at radius 2 is 1.94 bits per heavy atom. The molecule has 0 amide bonds. The minimum absolute atomic E-state index is 0.0398. The fourth-order valence-electron chi connectivity index (χ4n) is 7.93. The van der Waals surface area contributed by atoms with Gasteiger partial charge in [-0.15, -0.1) is 0 Å². The van der Waals surface area contributed by atoms with Crippen LogP contribution in [0.1, 0.15) is 46.5 Å². The van der Waals surface area contributed by atoms with Gasteiger partial charge in [0.1, 0.15) is 17.1 Å². The van der Waals surface area contributed by atoms with Crippen molar-refractivity contribution < 1.29 is 19.7 Å². The first kappa shape index (κ1) is 21.7. The zero-order valence-corrected chi connectivity index (χ0v) is 19.3. The summed E-state index contributed by atoms with van der Waals surface area (Å²) in [6.45, 7) is 10.7. The average molecular weight is 435 g/mol. The van der Waals surface area contributed by atoms with Gasteiger partial charge in [0.2, 0.25) is 0 Å². The van der Waals surface area contributed by atoms with Crippen LogP contribution in [0.5, 0.6) is 5.75 Å². The Morgan fingerprint density at radius 3 is 2.66 bits per heavy atom. The molecule has 3 saturated carbocycles. The number of hydrogen-bond acceptors (Lipinski definition) is 4. The van der Waals surface area contributed by atoms with E-state index in [1.165, 1.54) is 0 Å². The number of carbonyl (C=O) groups excluding carboxylic acids is 1. The molecule has 170 valence electrons. The predicted molar refractivity (Wildman–Crippen MR) is 124 cm³/mol. The minimum Gasteiger partial charge on any atom is -0.459 e. The van der Waals surface area contributed by atoms with Crippen molar-refractivity contribution in [1.82, 2.24) is 0 Å². The number of fused-ring (bicyclic) bond motifs is 5. The normalized spacial score (nSPS) is 44.8. The monoisotopic (exact) mass is 434 g/mol. The highest BCUT2D eigenvalue weighted by Gasteiger charge is 2.68. The van der Waals surface area contributed by atoms with Crippen molar-refractivity contribution >= 4 is 5.78 Å². The molecular weight excluding hydrogens is 400 g/mol. The molecule has 0 radical (unpaired) electrons. The number of hydrogen-bond donors (Lipinski definition) is 2. The number of aliphatic hydroxyl groups excluding tert-OH is 1. The fourth-order valence-corrected chi connectivity index (χ4v) is 7.93. The van der Waals surface area contributed by atoms with Gasteiger partial charge in [-0.1, -0.05) is 57.2 Å². The summed E-state index contributed by atoms with van der Waals surface area (Å²) in [5.41, 5.74) is -0.892. The molecule has 8 atom stereocenters. The first-order chi connectivity index (χ1) is 15.1. The van der Waals surface area contributed by atoms with Gasteiger partial charge in [0.15, 0.2) is 5.78 Å². The van der Waals surface area contributed by atoms with E-state index in [1.807, 2.05) is 36.4 Å². The number of para-hydroxylation sites is 1. The second kappa shape index (κ2) is 7.16. The maximum atomic E-state index is 12.1. The number of ether oxygens (including phenoxy) is 1. The number of rotatable bonds is 3. The maximum Gasteiger partial charge on any atom is 0.178 e. The summed E-state index contributed by atoms with van der Waals surface area (Å²) in [4.78, 5) is 12.1. The fraction of sp³-hybridized carbons (Fsp3) is 0.536. The van der Waals surface area contributed by atoms with Crippen molar-refractivity contribution in [3.8, 4) is 5.75 Å². The highest BCUT2D eigenvalue weighted by atomic mass is 16.5. The molecule has 4 nitrogen and oxygen atoms in total. The summed E-state index contributed by atoms with van der Waals surface area (Å²) in [6, 6.07) is 9.46. The molecule has 1 aromatic rings. The van der Waals surface area contributed by atoms with Gasteiger partial charge in [-0.05, 0) is 67.7 Å². The van der Waals surface area contributed by atoms with Gasteiger partial charge in [-0.2, -0.15) is 0 Å². The third-order valence-corrected chi connectivity index (χ3v) is 9.41. The van der Waals surface area contributed by atoms with E-state index >= 15 is 0 Å². The van der Waals surface area contributed by atoms with Crippen molar-refractivity contribution in [3.05, 3.63) is 66.5 Å². The molecule has 3 fully saturated rings. The summed E-state index contributed by atoms with van der Waals surface area (Å²) < 4.78 is 6.04. The standard InChI is InChI=1S/C28H34O4/c1-17-14-21-22-11-13-28(31,18(2)32-20-8-6-5-7-9-20)27(22,4)16-24(30)25(21)26(3)12-10-19(29)15-23(17)26/h5-10,12,15,17,21-22,24-25,30-31H,2,11,13-14,16H2,1,3-4H3/t17?,21-,22-,24?,25+,26-,27-,28-/m0/s1. The van der Waals surface area contributed by atoms with E-state index in [4.69, 9.17) is 4.74 Å². The molecule has 4 aliphatic carbocycles. The van der Waals surface area contributed by atoms with Crippen molar-refractivity contribution in [2.45, 2.75) is 58.2 Å². The Balaban J connectivity index is 1.49. The zero-order chi connectivity index (χ0) is 22.9. The Kier molecular flexibility index (Phi) is 4.85. The molecule has 5 rings (SSSR count). The Hall–Kier alpha value is -2.17. The van der Waals surface area contributed by atoms with Gasteiger partial charge in [-0.3, -0.25) is 4.79 Å². The van der Waals surface area contributed by atoms with Gasteiger partial charge >= 0.3 is 0 Å². The van der Waals surface area contributed by atoms with Crippen LogP contribution in [0.3, 0.4) is 0 Å². The van der Waals surface area contributed by atoms with Crippen molar-refractivity contribution in [1.29, 1.82) is 0 Å². The van der Waals surface area contributed by atoms with Crippen molar-refractivity contribution in [2.75, 3.05) is 0 Å². The molecular formula is C28H34O4. The maximum absolute atomic E-state index is 12.1. The van der Waals surface area contributed by atoms with Crippen LogP contribution in [0.15, 0.2) is 66.5 Å². The van der Waals surface area contributed by atoms with E-state index in [0.717, 1.165) is 18.4 Å². The summed E-state index contributed by atoms with van der Waals surface area (Å²) in [7, 11) is 0. The third kappa shape index (κ3) is 2.85. The number of allylic oxidation sites excluding steroid dienone is 4. The van der Waals surface area contributed by atoms with Gasteiger partial charge in [-0.25, -0.2) is 0 Å². The van der Waals surface area contributed by atoms with E-state index in [2.05, 4.69) is 27.4 Å². The number of carbonyl (C=O) groups is 1. The average Bonchev–Trinajstić information content (AvgIpc) is 3.01. The second-order valence-corrected chi connectivity index (χ2v) is 11.0. The lowest BCUT2D eigenvalue weighted by molar-refractivity contribution is -0.162. The molecule has 32 heavy (non-hydrogen) atoms. The minimum atomic E-state index is -1.20. The largest absolute Gasteiger partial charge is 0.459 e. The SMILES string of the molecule is C=C(Oc1ccccc1)[C@@]1(O)CC[C@H]2[C@@H]3CC(C)C4=CC(=O)C=C[C@]4(C)[C@H]3C(O)C[C@@]21C. The van der Waals surface area contributed by atoms with Crippen molar-refractivity contribution in [2.24, 2.45) is 34.5 Å². The first-order valence-electron chi connectivity index (χ1n) is 11.9. The van der Waals surface area contributed by atoms with Crippen LogP contribution >= 0.6 is 0 Å². The van der Waals surface area contributed by atoms with Crippen LogP contribution in [-0.2, 0) is 4.79 Å². The molecule has 0 heterocycles. The quantitative estimate of drug-likeness (QED) is 0.669. The Morgan fingerprint density at radius 1 is 1.22 bits per heavy atom. The number of aliphatic hydroxyl groups is 2. The number of benzene rings is 1. The first-order valence-corrected chi connectivity index (χ1v) is 11.9. The van der Waals surface area contributed by atoms with E-state index < -0.39 is 17.1 Å². The molecule has 4 heteroatoms. The van der Waals surface area contributed by atoms with Crippen LogP contribution in [0.4, 0.5) is 0 Å². The highest BCUT2D eigenvalue weighted by Crippen LogP contribution is 2.68. The Bertz CT molecular complexity index is 1010. The van der Waals surface area contributed by atoms with Crippen LogP contribution in [0.2, 0.25) is 0 Å². The summed E-state index contributed by atoms with van der Waals surface area (Å²) in [6.07, 6.45) is 7.79. The summed E-state index contributed by atoms with van der Waals surface area (Å²) in [5, 5.41) is 23.5. The van der Waals surface area contributed by atoms with Crippen LogP contribution in [0, 0.1) is 34.5 Å². The summed E-state index contributed by atoms with van der Waals surface area (Å²) >= 11 is 0. The van der Waals surface area contributed by atoms with Crippen molar-refractivity contribution in [3.63, 3.8) is 0 Å². The van der Waals surface area contributed by atoms with E-state index in [1.54, 1.807) is 12.2 Å². The summed E-state index contributed by atoms with van der Waals surface area (Å²) in [5.74, 6) is 1.90. The highest BCUT2D eigenvalue weighted by molar-refractivity contribution is 6.01. The van der Waals surface area contributed by atoms with Gasteiger partial charge in [0.05, 0.1) is 6.10 Å². The van der Waals surface area contributed by atoms with Gasteiger partial charge in [0.25, 0.3) is 0 Å². The van der Waals surface area contributed by atoms with Crippen LogP contribution in [0.25, 0.3) is 0 Å². The second-order valence-electron chi connectivity index (χ2n) is 11.0. The van der Waals surface area contributed by atoms with E-state index in [-0.39, 0.29) is 34.9 Å². The zero-order valence-electron chi connectivity index (χ0n) is 19.3. The topological polar surface area (TPSA) is 66.8 Å². The molecule has 1 aromatic carbocycles. The lowest BCUT2D eigenvalue weighted by Gasteiger charge is -2.61. The lowest BCUT2D eigenvalue weighted by Crippen LogP contribution is -2.60. The molecule has 2 N–H and O–H groups in total.